The van der Waals surface area contributed by atoms with Gasteiger partial charge in [-0.2, -0.15) is 0 Å². The number of hydrogen-bond acceptors (Lipinski definition) is 6. The largest absolute Gasteiger partial charge is 0.458 e. The number of aliphatic hydroxyl groups excluding tert-OH is 1. The molecule has 134 valence electrons. The zero-order valence-electron chi connectivity index (χ0n) is 14.5. The van der Waals surface area contributed by atoms with Crippen LogP contribution in [-0.4, -0.2) is 35.5 Å². The molecule has 4 rings (SSSR count). The molecule has 25 heavy (non-hydrogen) atoms. The number of fused-ring (bicyclic) bond motifs is 3. The first kappa shape index (κ1) is 16.4. The van der Waals surface area contributed by atoms with Gasteiger partial charge < -0.3 is 19.3 Å². The zero-order chi connectivity index (χ0) is 17.9. The third kappa shape index (κ3) is 2.51. The summed E-state index contributed by atoms with van der Waals surface area (Å²) in [5.41, 5.74) is 0.787. The van der Waals surface area contributed by atoms with Crippen molar-refractivity contribution in [1.82, 2.24) is 0 Å². The second-order valence-electron chi connectivity index (χ2n) is 7.91. The molecular weight excluding hydrogens is 324 g/mol. The Morgan fingerprint density at radius 1 is 1.28 bits per heavy atom. The van der Waals surface area contributed by atoms with Crippen molar-refractivity contribution in [3.05, 3.63) is 35.6 Å². The summed E-state index contributed by atoms with van der Waals surface area (Å²) in [6.45, 7) is 5.86. The van der Waals surface area contributed by atoms with E-state index in [1.54, 1.807) is 13.0 Å². The molecule has 6 atom stereocenters. The minimum atomic E-state index is -0.806. The first-order chi connectivity index (χ1) is 11.8. The van der Waals surface area contributed by atoms with E-state index in [1.165, 1.54) is 6.26 Å². The Hall–Kier alpha value is -2.08. The van der Waals surface area contributed by atoms with Gasteiger partial charge in [0.2, 0.25) is 0 Å². The van der Waals surface area contributed by atoms with Gasteiger partial charge in [0, 0.05) is 23.5 Å². The highest BCUT2D eigenvalue weighted by Crippen LogP contribution is 2.56. The second kappa shape index (κ2) is 5.46. The third-order valence-corrected chi connectivity index (χ3v) is 5.90. The Morgan fingerprint density at radius 2 is 2.04 bits per heavy atom. The molecule has 0 spiro atoms. The summed E-state index contributed by atoms with van der Waals surface area (Å²) >= 11 is 0. The van der Waals surface area contributed by atoms with Gasteiger partial charge in [0.15, 0.2) is 0 Å². The van der Waals surface area contributed by atoms with Gasteiger partial charge >= 0.3 is 11.9 Å². The maximum Gasteiger partial charge on any atom is 0.337 e. The highest BCUT2D eigenvalue weighted by molar-refractivity contribution is 5.92. The van der Waals surface area contributed by atoms with Crippen molar-refractivity contribution in [1.29, 1.82) is 0 Å². The number of allylic oxidation sites excluding steroid dienone is 1. The first-order valence-electron chi connectivity index (χ1n) is 8.61. The quantitative estimate of drug-likeness (QED) is 0.356. The first-order valence-corrected chi connectivity index (χ1v) is 8.61. The minimum absolute atomic E-state index is 0.0537. The van der Waals surface area contributed by atoms with Gasteiger partial charge in [-0.3, -0.25) is 0 Å². The van der Waals surface area contributed by atoms with Crippen LogP contribution in [0, 0.1) is 23.2 Å². The molecule has 3 unspecified atom stereocenters. The predicted octanol–water partition coefficient (Wildman–Crippen LogP) is 1.85. The average Bonchev–Trinajstić information content (AvgIpc) is 3.15. The molecule has 0 aromatic heterocycles. The van der Waals surface area contributed by atoms with Gasteiger partial charge in [-0.25, -0.2) is 9.59 Å². The predicted molar refractivity (Wildman–Crippen MR) is 86.7 cm³/mol. The fourth-order valence-electron chi connectivity index (χ4n) is 4.65. The lowest BCUT2D eigenvalue weighted by molar-refractivity contribution is -0.152. The smallest absolute Gasteiger partial charge is 0.337 e. The van der Waals surface area contributed by atoms with Crippen molar-refractivity contribution in [2.24, 2.45) is 23.2 Å². The molecule has 1 saturated carbocycles. The SMILES string of the molecule is CC1=C[C@H](O/C=C2\C(=O)O[C@@H]3C4C(C[C@H]23)C(O)C=CC4(C)C)OC1=O. The number of aliphatic hydroxyl groups is 1. The van der Waals surface area contributed by atoms with Gasteiger partial charge in [0.1, 0.15) is 6.10 Å². The summed E-state index contributed by atoms with van der Waals surface area (Å²) in [6, 6.07) is 0. The number of esters is 2. The molecule has 0 radical (unpaired) electrons. The Kier molecular flexibility index (Phi) is 3.58. The molecule has 4 aliphatic rings. The summed E-state index contributed by atoms with van der Waals surface area (Å²) in [5.74, 6) is -0.799. The maximum absolute atomic E-state index is 12.3. The van der Waals surface area contributed by atoms with Crippen LogP contribution in [0.5, 0.6) is 0 Å². The van der Waals surface area contributed by atoms with Crippen LogP contribution >= 0.6 is 0 Å². The maximum atomic E-state index is 12.3. The van der Waals surface area contributed by atoms with E-state index >= 15 is 0 Å². The van der Waals surface area contributed by atoms with Crippen LogP contribution in [0.2, 0.25) is 0 Å². The zero-order valence-corrected chi connectivity index (χ0v) is 14.5. The lowest BCUT2D eigenvalue weighted by Crippen LogP contribution is -2.41. The summed E-state index contributed by atoms with van der Waals surface area (Å²) in [5, 5.41) is 10.3. The fraction of sp³-hybridized carbons (Fsp3) is 0.579. The number of rotatable bonds is 2. The van der Waals surface area contributed by atoms with Crippen molar-refractivity contribution in [3.63, 3.8) is 0 Å². The second-order valence-corrected chi connectivity index (χ2v) is 7.91. The van der Waals surface area contributed by atoms with E-state index in [-0.39, 0.29) is 29.3 Å². The molecule has 1 saturated heterocycles. The standard InChI is InChI=1S/C19H22O6/c1-9-6-14(24-17(9)21)23-8-12-10-7-11-13(20)4-5-19(2,3)15(11)16(10)25-18(12)22/h4-6,8,10-11,13-16,20H,7H2,1-3H3/b12-8-/t10-,11?,13?,14-,15?,16+/m1/s1. The molecule has 2 aliphatic heterocycles. The van der Waals surface area contributed by atoms with Crippen LogP contribution in [0.1, 0.15) is 27.2 Å². The van der Waals surface area contributed by atoms with Crippen LogP contribution in [0.15, 0.2) is 35.6 Å². The Bertz CT molecular complexity index is 715. The van der Waals surface area contributed by atoms with E-state index < -0.39 is 24.3 Å². The lowest BCUT2D eigenvalue weighted by atomic mass is 9.67. The van der Waals surface area contributed by atoms with Gasteiger partial charge in [0.05, 0.1) is 17.9 Å². The van der Waals surface area contributed by atoms with Crippen LogP contribution in [-0.2, 0) is 23.8 Å². The van der Waals surface area contributed by atoms with E-state index in [0.717, 1.165) is 0 Å². The third-order valence-electron chi connectivity index (χ3n) is 5.90. The summed E-state index contributed by atoms with van der Waals surface area (Å²) in [4.78, 5) is 23.7. The fourth-order valence-corrected chi connectivity index (χ4v) is 4.65. The molecule has 6 nitrogen and oxygen atoms in total. The van der Waals surface area contributed by atoms with Crippen molar-refractivity contribution >= 4 is 11.9 Å². The summed E-state index contributed by atoms with van der Waals surface area (Å²) in [7, 11) is 0. The van der Waals surface area contributed by atoms with E-state index in [1.807, 2.05) is 12.2 Å². The molecule has 2 heterocycles. The van der Waals surface area contributed by atoms with Crippen LogP contribution in [0.4, 0.5) is 0 Å². The topological polar surface area (TPSA) is 82.1 Å². The number of hydrogen-bond donors (Lipinski definition) is 1. The number of carbonyl (C=O) groups excluding carboxylic acids is 2. The van der Waals surface area contributed by atoms with Gasteiger partial charge in [0.25, 0.3) is 6.29 Å². The van der Waals surface area contributed by atoms with Crippen molar-refractivity contribution < 1.29 is 28.9 Å². The van der Waals surface area contributed by atoms with Crippen LogP contribution < -0.4 is 0 Å². The minimum Gasteiger partial charge on any atom is -0.458 e. The van der Waals surface area contributed by atoms with Crippen LogP contribution in [0.3, 0.4) is 0 Å². The molecule has 0 amide bonds. The van der Waals surface area contributed by atoms with Gasteiger partial charge in [-0.15, -0.1) is 0 Å². The van der Waals surface area contributed by atoms with Crippen molar-refractivity contribution in [3.8, 4) is 0 Å². The highest BCUT2D eigenvalue weighted by atomic mass is 16.7. The molecule has 0 bridgehead atoms. The van der Waals surface area contributed by atoms with E-state index in [0.29, 0.717) is 17.6 Å². The molecule has 0 aromatic carbocycles. The molecule has 2 aliphatic carbocycles. The molecular formula is C19H22O6. The summed E-state index contributed by atoms with van der Waals surface area (Å²) < 4.78 is 16.2. The van der Waals surface area contributed by atoms with E-state index in [4.69, 9.17) is 14.2 Å². The molecule has 6 heteroatoms. The van der Waals surface area contributed by atoms with Gasteiger partial charge in [-0.05, 0) is 24.7 Å². The van der Waals surface area contributed by atoms with Crippen molar-refractivity contribution in [2.75, 3.05) is 0 Å². The monoisotopic (exact) mass is 346 g/mol. The lowest BCUT2D eigenvalue weighted by Gasteiger charge is -2.40. The normalized spacial score (nSPS) is 42.7. The Morgan fingerprint density at radius 3 is 2.72 bits per heavy atom. The number of carbonyl (C=O) groups is 2. The highest BCUT2D eigenvalue weighted by Gasteiger charge is 2.59. The molecule has 1 N–H and O–H groups in total. The molecule has 0 aromatic rings. The van der Waals surface area contributed by atoms with Crippen molar-refractivity contribution in [2.45, 2.75) is 45.7 Å². The van der Waals surface area contributed by atoms with Gasteiger partial charge in [-0.1, -0.05) is 26.0 Å². The van der Waals surface area contributed by atoms with E-state index in [9.17, 15) is 14.7 Å². The Labute approximate surface area is 146 Å². The number of cyclic esters (lactones) is 1. The number of ether oxygens (including phenoxy) is 3. The van der Waals surface area contributed by atoms with E-state index in [2.05, 4.69) is 13.8 Å². The molecule has 2 fully saturated rings. The summed E-state index contributed by atoms with van der Waals surface area (Å²) in [6.07, 6.45) is 5.88. The average molecular weight is 346 g/mol. The Balaban J connectivity index is 1.56. The van der Waals surface area contributed by atoms with Crippen LogP contribution in [0.25, 0.3) is 0 Å².